The van der Waals surface area contributed by atoms with Crippen LogP contribution in [0.25, 0.3) is 0 Å². The molecule has 1 aromatic carbocycles. The average molecular weight is 250 g/mol. The van der Waals surface area contributed by atoms with Crippen LogP contribution in [0.2, 0.25) is 0 Å². The molecular weight excluding hydrogens is 228 g/mol. The van der Waals surface area contributed by atoms with Crippen LogP contribution in [0.4, 0.5) is 0 Å². The smallest absolute Gasteiger partial charge is 0.227 e. The Labute approximate surface area is 109 Å². The summed E-state index contributed by atoms with van der Waals surface area (Å²) in [5.74, 6) is -0.0417. The lowest BCUT2D eigenvalue weighted by molar-refractivity contribution is -0.122. The Bertz CT molecular complexity index is 341. The van der Waals surface area contributed by atoms with Gasteiger partial charge in [0.15, 0.2) is 0 Å². The van der Waals surface area contributed by atoms with Crippen molar-refractivity contribution in [1.82, 2.24) is 10.6 Å². The number of hydrogen-bond donors (Lipinski definition) is 2. The standard InChI is InChI=1S/C14H22N2O2/c1-12(13-6-4-3-5-7-13)14(17)16-9-8-15-10-11-18-2/h3-7,12,15H,8-11H2,1-2H3,(H,16,17). The summed E-state index contributed by atoms with van der Waals surface area (Å²) in [7, 11) is 1.67. The first-order valence-corrected chi connectivity index (χ1v) is 6.28. The summed E-state index contributed by atoms with van der Waals surface area (Å²) in [5, 5.41) is 6.10. The number of carbonyl (C=O) groups excluding carboxylic acids is 1. The van der Waals surface area contributed by atoms with E-state index in [1.54, 1.807) is 7.11 Å². The number of benzene rings is 1. The van der Waals surface area contributed by atoms with E-state index < -0.39 is 0 Å². The van der Waals surface area contributed by atoms with Crippen LogP contribution in [-0.4, -0.2) is 39.3 Å². The van der Waals surface area contributed by atoms with E-state index >= 15 is 0 Å². The van der Waals surface area contributed by atoms with Crippen LogP contribution < -0.4 is 10.6 Å². The zero-order valence-corrected chi connectivity index (χ0v) is 11.1. The molecule has 0 bridgehead atoms. The first-order valence-electron chi connectivity index (χ1n) is 6.28. The van der Waals surface area contributed by atoms with Gasteiger partial charge in [-0.15, -0.1) is 0 Å². The average Bonchev–Trinajstić information content (AvgIpc) is 2.42. The third-order valence-corrected chi connectivity index (χ3v) is 2.78. The molecular formula is C14H22N2O2. The predicted molar refractivity (Wildman–Crippen MR) is 72.6 cm³/mol. The molecule has 0 aliphatic heterocycles. The molecule has 1 rings (SSSR count). The summed E-state index contributed by atoms with van der Waals surface area (Å²) >= 11 is 0. The van der Waals surface area contributed by atoms with Crippen molar-refractivity contribution in [2.45, 2.75) is 12.8 Å². The SMILES string of the molecule is COCCNCCNC(=O)C(C)c1ccccc1. The van der Waals surface area contributed by atoms with E-state index in [1.807, 2.05) is 37.3 Å². The lowest BCUT2D eigenvalue weighted by Gasteiger charge is -2.12. The molecule has 0 heterocycles. The quantitative estimate of drug-likeness (QED) is 0.680. The van der Waals surface area contributed by atoms with Crippen LogP contribution in [0, 0.1) is 0 Å². The minimum absolute atomic E-state index is 0.0646. The van der Waals surface area contributed by atoms with E-state index in [2.05, 4.69) is 10.6 Å². The van der Waals surface area contributed by atoms with Gasteiger partial charge in [0.2, 0.25) is 5.91 Å². The van der Waals surface area contributed by atoms with Crippen molar-refractivity contribution in [3.05, 3.63) is 35.9 Å². The molecule has 100 valence electrons. The second kappa shape index (κ2) is 8.66. The van der Waals surface area contributed by atoms with Crippen molar-refractivity contribution in [1.29, 1.82) is 0 Å². The monoisotopic (exact) mass is 250 g/mol. The van der Waals surface area contributed by atoms with Crippen molar-refractivity contribution < 1.29 is 9.53 Å². The molecule has 0 saturated carbocycles. The van der Waals surface area contributed by atoms with Gasteiger partial charge < -0.3 is 15.4 Å². The predicted octanol–water partition coefficient (Wildman–Crippen LogP) is 1.14. The van der Waals surface area contributed by atoms with Crippen molar-refractivity contribution in [2.24, 2.45) is 0 Å². The molecule has 0 saturated heterocycles. The highest BCUT2D eigenvalue weighted by Crippen LogP contribution is 2.13. The van der Waals surface area contributed by atoms with Gasteiger partial charge in [-0.2, -0.15) is 0 Å². The zero-order valence-electron chi connectivity index (χ0n) is 11.1. The molecule has 1 aromatic rings. The van der Waals surface area contributed by atoms with Crippen LogP contribution >= 0.6 is 0 Å². The Balaban J connectivity index is 2.20. The van der Waals surface area contributed by atoms with Crippen LogP contribution in [0.1, 0.15) is 18.4 Å². The number of rotatable bonds is 8. The summed E-state index contributed by atoms with van der Waals surface area (Å²) in [6.45, 7) is 4.81. The van der Waals surface area contributed by atoms with Crippen LogP contribution in [0.3, 0.4) is 0 Å². The minimum atomic E-state index is -0.106. The van der Waals surface area contributed by atoms with Crippen LogP contribution in [0.15, 0.2) is 30.3 Å². The molecule has 18 heavy (non-hydrogen) atoms. The third-order valence-electron chi connectivity index (χ3n) is 2.78. The normalized spacial score (nSPS) is 12.1. The van der Waals surface area contributed by atoms with Crippen molar-refractivity contribution in [2.75, 3.05) is 33.4 Å². The number of hydrogen-bond acceptors (Lipinski definition) is 3. The number of ether oxygens (including phenoxy) is 1. The summed E-state index contributed by atoms with van der Waals surface area (Å²) in [4.78, 5) is 11.9. The molecule has 0 radical (unpaired) electrons. The summed E-state index contributed by atoms with van der Waals surface area (Å²) in [5.41, 5.74) is 1.04. The van der Waals surface area contributed by atoms with Gasteiger partial charge >= 0.3 is 0 Å². The van der Waals surface area contributed by atoms with Crippen molar-refractivity contribution in [3.63, 3.8) is 0 Å². The van der Waals surface area contributed by atoms with Gasteiger partial charge in [-0.25, -0.2) is 0 Å². The topological polar surface area (TPSA) is 50.4 Å². The molecule has 1 amide bonds. The van der Waals surface area contributed by atoms with E-state index in [4.69, 9.17) is 4.74 Å². The highest BCUT2D eigenvalue weighted by Gasteiger charge is 2.13. The first kappa shape index (κ1) is 14.7. The Morgan fingerprint density at radius 1 is 1.22 bits per heavy atom. The highest BCUT2D eigenvalue weighted by molar-refractivity contribution is 5.83. The van der Waals surface area contributed by atoms with Gasteiger partial charge in [-0.3, -0.25) is 4.79 Å². The second-order valence-electron chi connectivity index (χ2n) is 4.17. The molecule has 2 N–H and O–H groups in total. The van der Waals surface area contributed by atoms with Gasteiger partial charge in [0.05, 0.1) is 12.5 Å². The maximum absolute atomic E-state index is 11.9. The molecule has 0 aliphatic carbocycles. The largest absolute Gasteiger partial charge is 0.383 e. The van der Waals surface area contributed by atoms with Gasteiger partial charge in [0, 0.05) is 26.7 Å². The molecule has 0 fully saturated rings. The number of carbonyl (C=O) groups is 1. The fourth-order valence-electron chi connectivity index (χ4n) is 1.62. The Hall–Kier alpha value is -1.39. The Morgan fingerprint density at radius 3 is 2.61 bits per heavy atom. The molecule has 1 unspecified atom stereocenters. The number of amides is 1. The molecule has 1 atom stereocenters. The maximum Gasteiger partial charge on any atom is 0.227 e. The lowest BCUT2D eigenvalue weighted by Crippen LogP contribution is -2.35. The fraction of sp³-hybridized carbons (Fsp3) is 0.500. The molecule has 0 aromatic heterocycles. The Morgan fingerprint density at radius 2 is 1.94 bits per heavy atom. The summed E-state index contributed by atoms with van der Waals surface area (Å²) < 4.78 is 4.92. The molecule has 4 nitrogen and oxygen atoms in total. The minimum Gasteiger partial charge on any atom is -0.383 e. The van der Waals surface area contributed by atoms with E-state index in [9.17, 15) is 4.79 Å². The summed E-state index contributed by atoms with van der Waals surface area (Å²) in [6, 6.07) is 9.80. The Kier molecular flexibility index (Phi) is 7.06. The molecule has 4 heteroatoms. The van der Waals surface area contributed by atoms with Crippen molar-refractivity contribution in [3.8, 4) is 0 Å². The third kappa shape index (κ3) is 5.29. The van der Waals surface area contributed by atoms with Gasteiger partial charge in [0.1, 0.15) is 0 Å². The fourth-order valence-corrected chi connectivity index (χ4v) is 1.62. The second-order valence-corrected chi connectivity index (χ2v) is 4.17. The number of nitrogens with one attached hydrogen (secondary N) is 2. The lowest BCUT2D eigenvalue weighted by atomic mass is 10.0. The van der Waals surface area contributed by atoms with Gasteiger partial charge in [-0.05, 0) is 12.5 Å². The van der Waals surface area contributed by atoms with E-state index in [-0.39, 0.29) is 11.8 Å². The van der Waals surface area contributed by atoms with Crippen LogP contribution in [0.5, 0.6) is 0 Å². The van der Waals surface area contributed by atoms with Crippen LogP contribution in [-0.2, 0) is 9.53 Å². The molecule has 0 spiro atoms. The highest BCUT2D eigenvalue weighted by atomic mass is 16.5. The van der Waals surface area contributed by atoms with Gasteiger partial charge in [-0.1, -0.05) is 30.3 Å². The number of methoxy groups -OCH3 is 1. The first-order chi connectivity index (χ1) is 8.75. The maximum atomic E-state index is 11.9. The van der Waals surface area contributed by atoms with E-state index in [1.165, 1.54) is 0 Å². The van der Waals surface area contributed by atoms with E-state index in [0.717, 1.165) is 18.7 Å². The van der Waals surface area contributed by atoms with E-state index in [0.29, 0.717) is 13.2 Å². The molecule has 0 aliphatic rings. The van der Waals surface area contributed by atoms with Gasteiger partial charge in [0.25, 0.3) is 0 Å². The summed E-state index contributed by atoms with van der Waals surface area (Å²) in [6.07, 6.45) is 0. The zero-order chi connectivity index (χ0) is 13.2. The van der Waals surface area contributed by atoms with Crippen molar-refractivity contribution >= 4 is 5.91 Å².